The molecular weight excluding hydrogens is 297 g/mol. The summed E-state index contributed by atoms with van der Waals surface area (Å²) >= 11 is 11.8. The van der Waals surface area contributed by atoms with Gasteiger partial charge in [-0.15, -0.1) is 0 Å². The molecule has 3 nitrogen and oxygen atoms in total. The lowest BCUT2D eigenvalue weighted by Crippen LogP contribution is -2.29. The van der Waals surface area contributed by atoms with Gasteiger partial charge in [0.1, 0.15) is 0 Å². The van der Waals surface area contributed by atoms with Crippen molar-refractivity contribution >= 4 is 35.2 Å². The molecule has 0 atom stereocenters. The molecule has 0 bridgehead atoms. The van der Waals surface area contributed by atoms with Gasteiger partial charge in [-0.05, 0) is 54.5 Å². The fourth-order valence-corrected chi connectivity index (χ4v) is 2.65. The van der Waals surface area contributed by atoms with E-state index in [9.17, 15) is 4.79 Å². The van der Waals surface area contributed by atoms with Gasteiger partial charge in [-0.2, -0.15) is 0 Å². The molecule has 1 fully saturated rings. The molecule has 1 saturated carbocycles. The van der Waals surface area contributed by atoms with E-state index < -0.39 is 0 Å². The fourth-order valence-electron chi connectivity index (χ4n) is 2.11. The van der Waals surface area contributed by atoms with Gasteiger partial charge >= 0.3 is 0 Å². The highest BCUT2D eigenvalue weighted by atomic mass is 35.5. The molecule has 1 aliphatic carbocycles. The van der Waals surface area contributed by atoms with E-state index in [0.717, 1.165) is 24.8 Å². The molecule has 1 aromatic rings. The summed E-state index contributed by atoms with van der Waals surface area (Å²) < 4.78 is 0. The number of aliphatic hydroxyl groups excluding tert-OH is 1. The van der Waals surface area contributed by atoms with Gasteiger partial charge in [0.25, 0.3) is 0 Å². The number of hydrogen-bond donors (Lipinski definition) is 2. The lowest BCUT2D eigenvalue weighted by atomic mass is 10.0. The average Bonchev–Trinajstić information content (AvgIpc) is 3.14. The SMILES string of the molecule is O=C(/C=C/c1cc(Cl)cc(Cl)c1)NCC1(CCO)CC1. The Hall–Kier alpha value is -1.03. The highest BCUT2D eigenvalue weighted by Gasteiger charge is 2.41. The van der Waals surface area contributed by atoms with E-state index in [1.165, 1.54) is 6.08 Å². The second kappa shape index (κ2) is 6.61. The number of hydrogen-bond acceptors (Lipinski definition) is 2. The number of benzene rings is 1. The van der Waals surface area contributed by atoms with Crippen molar-refractivity contribution in [2.45, 2.75) is 19.3 Å². The molecule has 2 rings (SSSR count). The highest BCUT2D eigenvalue weighted by molar-refractivity contribution is 6.34. The van der Waals surface area contributed by atoms with Crippen LogP contribution in [0.3, 0.4) is 0 Å². The first-order valence-corrected chi connectivity index (χ1v) is 7.31. The minimum absolute atomic E-state index is 0.123. The van der Waals surface area contributed by atoms with Crippen molar-refractivity contribution in [2.75, 3.05) is 13.2 Å². The second-order valence-corrected chi connectivity index (χ2v) is 6.10. The van der Waals surface area contributed by atoms with Crippen LogP contribution in [0.5, 0.6) is 0 Å². The van der Waals surface area contributed by atoms with E-state index in [4.69, 9.17) is 28.3 Å². The van der Waals surface area contributed by atoms with Gasteiger partial charge in [0.15, 0.2) is 0 Å². The maximum Gasteiger partial charge on any atom is 0.244 e. The lowest BCUT2D eigenvalue weighted by molar-refractivity contribution is -0.116. The summed E-state index contributed by atoms with van der Waals surface area (Å²) in [6.45, 7) is 0.791. The largest absolute Gasteiger partial charge is 0.396 e. The fraction of sp³-hybridized carbons (Fsp3) is 0.400. The number of carbonyl (C=O) groups excluding carboxylic acids is 1. The first-order chi connectivity index (χ1) is 9.53. The maximum absolute atomic E-state index is 11.7. The molecule has 0 radical (unpaired) electrons. The Morgan fingerprint density at radius 3 is 2.50 bits per heavy atom. The first kappa shape index (κ1) is 15.4. The molecule has 5 heteroatoms. The molecule has 1 amide bonds. The van der Waals surface area contributed by atoms with Crippen LogP contribution in [-0.4, -0.2) is 24.2 Å². The summed E-state index contributed by atoms with van der Waals surface area (Å²) in [5.41, 5.74) is 0.909. The summed E-state index contributed by atoms with van der Waals surface area (Å²) in [5.74, 6) is -0.148. The number of amides is 1. The van der Waals surface area contributed by atoms with Crippen LogP contribution >= 0.6 is 23.2 Å². The van der Waals surface area contributed by atoms with Crippen LogP contribution in [0.1, 0.15) is 24.8 Å². The molecule has 1 aromatic carbocycles. The quantitative estimate of drug-likeness (QED) is 0.792. The van der Waals surface area contributed by atoms with E-state index in [1.807, 2.05) is 0 Å². The molecule has 2 N–H and O–H groups in total. The van der Waals surface area contributed by atoms with Crippen molar-refractivity contribution in [2.24, 2.45) is 5.41 Å². The highest BCUT2D eigenvalue weighted by Crippen LogP contribution is 2.47. The van der Waals surface area contributed by atoms with Crippen molar-refractivity contribution in [3.8, 4) is 0 Å². The van der Waals surface area contributed by atoms with Crippen LogP contribution in [0.15, 0.2) is 24.3 Å². The molecule has 20 heavy (non-hydrogen) atoms. The van der Waals surface area contributed by atoms with Crippen LogP contribution in [0.25, 0.3) is 6.08 Å². The zero-order valence-electron chi connectivity index (χ0n) is 11.0. The molecule has 0 unspecified atom stereocenters. The van der Waals surface area contributed by atoms with E-state index in [1.54, 1.807) is 24.3 Å². The predicted octanol–water partition coefficient (Wildman–Crippen LogP) is 3.29. The maximum atomic E-state index is 11.7. The van der Waals surface area contributed by atoms with E-state index in [-0.39, 0.29) is 17.9 Å². The van der Waals surface area contributed by atoms with Gasteiger partial charge in [-0.25, -0.2) is 0 Å². The summed E-state index contributed by atoms with van der Waals surface area (Å²) in [6, 6.07) is 5.13. The molecule has 0 aromatic heterocycles. The minimum atomic E-state index is -0.148. The van der Waals surface area contributed by atoms with Gasteiger partial charge in [0, 0.05) is 29.3 Å². The Morgan fingerprint density at radius 2 is 1.95 bits per heavy atom. The van der Waals surface area contributed by atoms with Gasteiger partial charge in [-0.1, -0.05) is 23.2 Å². The molecule has 0 heterocycles. The number of aliphatic hydroxyl groups is 1. The number of halogens is 2. The molecule has 0 spiro atoms. The first-order valence-electron chi connectivity index (χ1n) is 6.56. The van der Waals surface area contributed by atoms with E-state index in [0.29, 0.717) is 16.6 Å². The van der Waals surface area contributed by atoms with Crippen LogP contribution < -0.4 is 5.32 Å². The summed E-state index contributed by atoms with van der Waals surface area (Å²) in [4.78, 5) is 11.7. The Labute approximate surface area is 128 Å². The molecule has 0 aliphatic heterocycles. The van der Waals surface area contributed by atoms with Gasteiger partial charge < -0.3 is 10.4 Å². The van der Waals surface area contributed by atoms with Crippen molar-refractivity contribution in [3.05, 3.63) is 39.9 Å². The zero-order valence-corrected chi connectivity index (χ0v) is 12.5. The number of carbonyl (C=O) groups is 1. The number of nitrogens with one attached hydrogen (secondary N) is 1. The predicted molar refractivity (Wildman–Crippen MR) is 81.9 cm³/mol. The van der Waals surface area contributed by atoms with Gasteiger partial charge in [0.2, 0.25) is 5.91 Å². The molecular formula is C15H17Cl2NO2. The van der Waals surface area contributed by atoms with Crippen molar-refractivity contribution < 1.29 is 9.90 Å². The third-order valence-corrected chi connectivity index (χ3v) is 3.99. The molecule has 1 aliphatic rings. The Balaban J connectivity index is 1.86. The van der Waals surface area contributed by atoms with E-state index in [2.05, 4.69) is 5.32 Å². The Bertz CT molecular complexity index is 504. The third-order valence-electron chi connectivity index (χ3n) is 3.55. The van der Waals surface area contributed by atoms with Gasteiger partial charge in [-0.3, -0.25) is 4.79 Å². The Morgan fingerprint density at radius 1 is 1.30 bits per heavy atom. The van der Waals surface area contributed by atoms with Gasteiger partial charge in [0.05, 0.1) is 0 Å². The summed E-state index contributed by atoms with van der Waals surface area (Å²) in [5, 5.41) is 12.9. The number of rotatable bonds is 6. The Kier molecular flexibility index (Phi) is 5.08. The van der Waals surface area contributed by atoms with Crippen molar-refractivity contribution in [3.63, 3.8) is 0 Å². The zero-order chi connectivity index (χ0) is 14.6. The van der Waals surface area contributed by atoms with Crippen LogP contribution in [0, 0.1) is 5.41 Å². The third kappa shape index (κ3) is 4.51. The van der Waals surface area contributed by atoms with Crippen LogP contribution in [-0.2, 0) is 4.79 Å². The van der Waals surface area contributed by atoms with Crippen LogP contribution in [0.4, 0.5) is 0 Å². The molecule has 0 saturated heterocycles. The monoisotopic (exact) mass is 313 g/mol. The standard InChI is InChI=1S/C15H17Cl2NO2/c16-12-7-11(8-13(17)9-12)1-2-14(20)18-10-15(3-4-15)5-6-19/h1-2,7-9,19H,3-6,10H2,(H,18,20)/b2-1+. The summed E-state index contributed by atoms with van der Waals surface area (Å²) in [6.07, 6.45) is 6.04. The normalized spacial score (nSPS) is 16.4. The molecule has 108 valence electrons. The lowest BCUT2D eigenvalue weighted by Gasteiger charge is -2.13. The summed E-state index contributed by atoms with van der Waals surface area (Å²) in [7, 11) is 0. The second-order valence-electron chi connectivity index (χ2n) is 5.23. The van der Waals surface area contributed by atoms with Crippen molar-refractivity contribution in [1.82, 2.24) is 5.32 Å². The average molecular weight is 314 g/mol. The van der Waals surface area contributed by atoms with E-state index >= 15 is 0 Å². The van der Waals surface area contributed by atoms with Crippen LogP contribution in [0.2, 0.25) is 10.0 Å². The smallest absolute Gasteiger partial charge is 0.244 e. The topological polar surface area (TPSA) is 49.3 Å². The minimum Gasteiger partial charge on any atom is -0.396 e. The van der Waals surface area contributed by atoms with Crippen molar-refractivity contribution in [1.29, 1.82) is 0 Å².